The molecule has 0 bridgehead atoms. The second-order valence-electron chi connectivity index (χ2n) is 6.93. The average molecular weight is 339 g/mol. The summed E-state index contributed by atoms with van der Waals surface area (Å²) in [7, 11) is 0. The minimum absolute atomic E-state index is 0. The number of carbonyl (C=O) groups excluding carboxylic acids is 1. The summed E-state index contributed by atoms with van der Waals surface area (Å²) in [6.07, 6.45) is 2.86. The standard InChI is InChI=1S/C19H30N2O.ClH/c1-4-17(15(2)3)18(22)21-12-10-19(14-20,11-13-21)16-8-6-5-7-9-16;/h5-9,15,17H,4,10-14,20H2,1-3H3;1H/t17-;/m0./s1. The lowest BCUT2D eigenvalue weighted by Gasteiger charge is -2.42. The molecule has 1 saturated heterocycles. The second kappa shape index (κ2) is 8.70. The number of likely N-dealkylation sites (tertiary alicyclic amines) is 1. The van der Waals surface area contributed by atoms with Gasteiger partial charge in [0, 0.05) is 31.0 Å². The van der Waals surface area contributed by atoms with Crippen molar-refractivity contribution < 1.29 is 4.79 Å². The average Bonchev–Trinajstić information content (AvgIpc) is 2.56. The molecule has 1 aromatic rings. The molecule has 1 aliphatic heterocycles. The van der Waals surface area contributed by atoms with E-state index in [4.69, 9.17) is 5.73 Å². The van der Waals surface area contributed by atoms with Crippen LogP contribution in [0, 0.1) is 11.8 Å². The number of hydrogen-bond acceptors (Lipinski definition) is 2. The maximum absolute atomic E-state index is 12.7. The normalized spacial score (nSPS) is 18.4. The zero-order chi connectivity index (χ0) is 16.2. The first-order chi connectivity index (χ1) is 10.5. The molecule has 23 heavy (non-hydrogen) atoms. The van der Waals surface area contributed by atoms with Gasteiger partial charge < -0.3 is 10.6 Å². The van der Waals surface area contributed by atoms with Crippen LogP contribution in [0.15, 0.2) is 30.3 Å². The highest BCUT2D eigenvalue weighted by molar-refractivity contribution is 5.85. The fourth-order valence-corrected chi connectivity index (χ4v) is 3.72. The summed E-state index contributed by atoms with van der Waals surface area (Å²) < 4.78 is 0. The van der Waals surface area contributed by atoms with Gasteiger partial charge >= 0.3 is 0 Å². The number of hydrogen-bond donors (Lipinski definition) is 1. The summed E-state index contributed by atoms with van der Waals surface area (Å²) in [4.78, 5) is 14.8. The van der Waals surface area contributed by atoms with Crippen LogP contribution in [0.3, 0.4) is 0 Å². The van der Waals surface area contributed by atoms with Crippen molar-refractivity contribution in [2.24, 2.45) is 17.6 Å². The zero-order valence-corrected chi connectivity index (χ0v) is 15.4. The van der Waals surface area contributed by atoms with Gasteiger partial charge in [0.15, 0.2) is 0 Å². The van der Waals surface area contributed by atoms with Crippen molar-refractivity contribution in [3.8, 4) is 0 Å². The first kappa shape index (κ1) is 20.0. The van der Waals surface area contributed by atoms with Gasteiger partial charge in [-0.1, -0.05) is 51.1 Å². The molecule has 2 rings (SSSR count). The van der Waals surface area contributed by atoms with Crippen LogP contribution < -0.4 is 5.73 Å². The molecule has 0 spiro atoms. The third-order valence-corrected chi connectivity index (χ3v) is 5.37. The van der Waals surface area contributed by atoms with Gasteiger partial charge in [-0.25, -0.2) is 0 Å². The Morgan fingerprint density at radius 1 is 1.22 bits per heavy atom. The Hall–Kier alpha value is -1.06. The number of rotatable bonds is 5. The van der Waals surface area contributed by atoms with Crippen LogP contribution in [0.25, 0.3) is 0 Å². The molecule has 0 aliphatic carbocycles. The number of amides is 1. The van der Waals surface area contributed by atoms with Gasteiger partial charge in [0.25, 0.3) is 0 Å². The lowest BCUT2D eigenvalue weighted by atomic mass is 9.72. The van der Waals surface area contributed by atoms with Crippen molar-refractivity contribution >= 4 is 18.3 Å². The predicted molar refractivity (Wildman–Crippen MR) is 98.9 cm³/mol. The van der Waals surface area contributed by atoms with E-state index in [0.29, 0.717) is 18.4 Å². The summed E-state index contributed by atoms with van der Waals surface area (Å²) in [5, 5.41) is 0. The van der Waals surface area contributed by atoms with Gasteiger partial charge in [-0.3, -0.25) is 4.79 Å². The van der Waals surface area contributed by atoms with E-state index in [2.05, 4.69) is 49.9 Å². The molecule has 0 unspecified atom stereocenters. The minimum Gasteiger partial charge on any atom is -0.342 e. The molecule has 0 radical (unpaired) electrons. The van der Waals surface area contributed by atoms with Gasteiger partial charge in [-0.15, -0.1) is 12.4 Å². The molecule has 1 fully saturated rings. The van der Waals surface area contributed by atoms with Crippen molar-refractivity contribution in [1.29, 1.82) is 0 Å². The van der Waals surface area contributed by atoms with E-state index in [9.17, 15) is 4.79 Å². The van der Waals surface area contributed by atoms with Gasteiger partial charge in [0.05, 0.1) is 0 Å². The Labute approximate surface area is 147 Å². The minimum atomic E-state index is 0. The smallest absolute Gasteiger partial charge is 0.225 e. The van der Waals surface area contributed by atoms with Crippen molar-refractivity contribution in [3.63, 3.8) is 0 Å². The first-order valence-electron chi connectivity index (χ1n) is 8.58. The Kier molecular flexibility index (Phi) is 7.56. The quantitative estimate of drug-likeness (QED) is 0.891. The van der Waals surface area contributed by atoms with Crippen molar-refractivity contribution in [2.75, 3.05) is 19.6 Å². The Bertz CT molecular complexity index is 481. The van der Waals surface area contributed by atoms with E-state index in [1.54, 1.807) is 0 Å². The number of carbonyl (C=O) groups is 1. The summed E-state index contributed by atoms with van der Waals surface area (Å²) in [6, 6.07) is 10.5. The third kappa shape index (κ3) is 4.27. The highest BCUT2D eigenvalue weighted by Crippen LogP contribution is 2.35. The van der Waals surface area contributed by atoms with Gasteiger partial charge in [0.1, 0.15) is 0 Å². The molecule has 1 heterocycles. The van der Waals surface area contributed by atoms with Crippen LogP contribution in [-0.2, 0) is 10.2 Å². The van der Waals surface area contributed by atoms with E-state index in [-0.39, 0.29) is 23.7 Å². The van der Waals surface area contributed by atoms with E-state index < -0.39 is 0 Å². The van der Waals surface area contributed by atoms with Crippen LogP contribution in [0.2, 0.25) is 0 Å². The topological polar surface area (TPSA) is 46.3 Å². The Balaban J connectivity index is 0.00000264. The number of benzene rings is 1. The molecule has 0 aromatic heterocycles. The molecule has 1 aliphatic rings. The van der Waals surface area contributed by atoms with E-state index >= 15 is 0 Å². The molecule has 1 aromatic carbocycles. The van der Waals surface area contributed by atoms with Crippen LogP contribution in [0.4, 0.5) is 0 Å². The number of nitrogens with two attached hydrogens (primary N) is 1. The molecular formula is C19H31ClN2O. The second-order valence-corrected chi connectivity index (χ2v) is 6.93. The SMILES string of the molecule is CC[C@H](C(=O)N1CCC(CN)(c2ccccc2)CC1)C(C)C.Cl. The lowest BCUT2D eigenvalue weighted by Crippen LogP contribution is -2.50. The van der Waals surface area contributed by atoms with Crippen LogP contribution in [-0.4, -0.2) is 30.4 Å². The monoisotopic (exact) mass is 338 g/mol. The lowest BCUT2D eigenvalue weighted by molar-refractivity contribution is -0.138. The molecule has 130 valence electrons. The number of halogens is 1. The van der Waals surface area contributed by atoms with E-state index in [1.807, 2.05) is 6.07 Å². The fraction of sp³-hybridized carbons (Fsp3) is 0.632. The molecule has 1 atom stereocenters. The summed E-state index contributed by atoms with van der Waals surface area (Å²) in [5.41, 5.74) is 7.48. The highest BCUT2D eigenvalue weighted by atomic mass is 35.5. The Morgan fingerprint density at radius 2 is 1.78 bits per heavy atom. The van der Waals surface area contributed by atoms with Crippen molar-refractivity contribution in [3.05, 3.63) is 35.9 Å². The van der Waals surface area contributed by atoms with E-state index in [1.165, 1.54) is 5.56 Å². The maximum atomic E-state index is 12.7. The van der Waals surface area contributed by atoms with Gasteiger partial charge in [-0.2, -0.15) is 0 Å². The molecule has 1 amide bonds. The van der Waals surface area contributed by atoms with E-state index in [0.717, 1.165) is 32.4 Å². The highest BCUT2D eigenvalue weighted by Gasteiger charge is 2.37. The first-order valence-corrected chi connectivity index (χ1v) is 8.58. The number of nitrogens with zero attached hydrogens (tertiary/aromatic N) is 1. The largest absolute Gasteiger partial charge is 0.342 e. The van der Waals surface area contributed by atoms with Crippen molar-refractivity contribution in [1.82, 2.24) is 4.90 Å². The third-order valence-electron chi connectivity index (χ3n) is 5.37. The zero-order valence-electron chi connectivity index (χ0n) is 14.6. The van der Waals surface area contributed by atoms with Crippen LogP contribution in [0.1, 0.15) is 45.6 Å². The molecular weight excluding hydrogens is 308 g/mol. The van der Waals surface area contributed by atoms with Gasteiger partial charge in [0.2, 0.25) is 5.91 Å². The maximum Gasteiger partial charge on any atom is 0.225 e. The van der Waals surface area contributed by atoms with Crippen LogP contribution in [0.5, 0.6) is 0 Å². The van der Waals surface area contributed by atoms with Crippen molar-refractivity contribution in [2.45, 2.75) is 45.4 Å². The van der Waals surface area contributed by atoms with Crippen LogP contribution >= 0.6 is 12.4 Å². The molecule has 3 nitrogen and oxygen atoms in total. The molecule has 2 N–H and O–H groups in total. The molecule has 4 heteroatoms. The summed E-state index contributed by atoms with van der Waals surface area (Å²) in [6.45, 7) is 8.71. The predicted octanol–water partition coefficient (Wildman–Crippen LogP) is 3.61. The summed E-state index contributed by atoms with van der Waals surface area (Å²) in [5.74, 6) is 0.895. The van der Waals surface area contributed by atoms with Gasteiger partial charge in [-0.05, 0) is 30.7 Å². The number of piperidine rings is 1. The summed E-state index contributed by atoms with van der Waals surface area (Å²) >= 11 is 0. The molecule has 0 saturated carbocycles. The Morgan fingerprint density at radius 3 is 2.22 bits per heavy atom. The fourth-order valence-electron chi connectivity index (χ4n) is 3.72.